The molecule has 5 aromatic carbocycles. The second kappa shape index (κ2) is 10.7. The van der Waals surface area contributed by atoms with Gasteiger partial charge in [0, 0.05) is 11.5 Å². The first-order valence-corrected chi connectivity index (χ1v) is 16.5. The highest BCUT2D eigenvalue weighted by Gasteiger charge is 2.28. The Balaban J connectivity index is 1.08. The minimum atomic E-state index is 0.486. The molecule has 1 heterocycles. The molecule has 3 aliphatic carbocycles. The second-order valence-electron chi connectivity index (χ2n) is 12.9. The molecule has 0 amide bonds. The lowest BCUT2D eigenvalue weighted by Crippen LogP contribution is -2.04. The molecule has 6 aromatic rings. The van der Waals surface area contributed by atoms with Crippen molar-refractivity contribution in [3.8, 4) is 22.5 Å². The number of rotatable bonds is 4. The van der Waals surface area contributed by atoms with E-state index < -0.39 is 0 Å². The average molecular weight is 594 g/mol. The molecule has 0 aliphatic heterocycles. The predicted octanol–water partition coefficient (Wildman–Crippen LogP) is 10.9. The molecule has 1 atom stereocenters. The van der Waals surface area contributed by atoms with Crippen LogP contribution < -0.4 is 0 Å². The summed E-state index contributed by atoms with van der Waals surface area (Å²) in [5.41, 5.74) is 13.3. The standard InChI is InChI=1S/C43H35N3/c1-27-33-13-6-7-16-34(33)39-21-19-31(24-41(27)39)30-12-10-11-29(23-30)26-46-43(44-28(2)45-46)32-20-22-40-37-15-5-3-4-14-35(37)36-17-8-9-18-38(36)42(40)25-32/h4-5,7-12,14-25,27H,3,6,13,26H2,1-2H3. The predicted molar refractivity (Wildman–Crippen MR) is 193 cm³/mol. The molecule has 3 aliphatic rings. The van der Waals surface area contributed by atoms with Gasteiger partial charge in [0.05, 0.1) is 6.54 Å². The highest BCUT2D eigenvalue weighted by molar-refractivity contribution is 6.15. The van der Waals surface area contributed by atoms with Crippen molar-refractivity contribution in [1.82, 2.24) is 14.8 Å². The smallest absolute Gasteiger partial charge is 0.158 e. The van der Waals surface area contributed by atoms with Gasteiger partial charge in [-0.15, -0.1) is 0 Å². The number of nitrogens with zero attached hydrogens (tertiary/aromatic N) is 3. The lowest BCUT2D eigenvalue weighted by Gasteiger charge is -2.14. The van der Waals surface area contributed by atoms with Gasteiger partial charge in [-0.2, -0.15) is 5.10 Å². The summed E-state index contributed by atoms with van der Waals surface area (Å²) in [6, 6.07) is 31.5. The fourth-order valence-electron chi connectivity index (χ4n) is 7.92. The van der Waals surface area contributed by atoms with Crippen LogP contribution in [0.5, 0.6) is 0 Å². The normalized spacial score (nSPS) is 16.6. The highest BCUT2D eigenvalue weighted by atomic mass is 15.3. The number of hydrogen-bond donors (Lipinski definition) is 0. The van der Waals surface area contributed by atoms with Gasteiger partial charge in [0.1, 0.15) is 5.82 Å². The van der Waals surface area contributed by atoms with Crippen LogP contribution in [0.2, 0.25) is 0 Å². The van der Waals surface area contributed by atoms with E-state index in [1.165, 1.54) is 72.5 Å². The van der Waals surface area contributed by atoms with E-state index in [2.05, 4.69) is 133 Å². The summed E-state index contributed by atoms with van der Waals surface area (Å²) in [5, 5.41) is 9.95. The Bertz CT molecular complexity index is 2340. The number of hydrogen-bond acceptors (Lipinski definition) is 2. The Morgan fingerprint density at radius 1 is 0.717 bits per heavy atom. The van der Waals surface area contributed by atoms with Crippen LogP contribution in [-0.2, 0) is 6.54 Å². The van der Waals surface area contributed by atoms with E-state index in [0.29, 0.717) is 12.5 Å². The van der Waals surface area contributed by atoms with Crippen molar-refractivity contribution in [2.45, 2.75) is 45.6 Å². The van der Waals surface area contributed by atoms with E-state index >= 15 is 0 Å². The van der Waals surface area contributed by atoms with Crippen molar-refractivity contribution < 1.29 is 0 Å². The first-order chi connectivity index (χ1) is 22.6. The zero-order valence-electron chi connectivity index (χ0n) is 26.3. The largest absolute Gasteiger partial charge is 0.241 e. The summed E-state index contributed by atoms with van der Waals surface area (Å²) in [6.07, 6.45) is 17.0. The van der Waals surface area contributed by atoms with Crippen molar-refractivity contribution in [3.05, 3.63) is 148 Å². The maximum Gasteiger partial charge on any atom is 0.158 e. The maximum absolute atomic E-state index is 4.95. The summed E-state index contributed by atoms with van der Waals surface area (Å²) in [5.74, 6) is 2.17. The fourth-order valence-corrected chi connectivity index (χ4v) is 7.92. The highest BCUT2D eigenvalue weighted by Crippen LogP contribution is 2.47. The third kappa shape index (κ3) is 4.34. The van der Waals surface area contributed by atoms with E-state index in [1.807, 2.05) is 6.92 Å². The van der Waals surface area contributed by atoms with Gasteiger partial charge in [-0.05, 0) is 110 Å². The van der Waals surface area contributed by atoms with Crippen LogP contribution in [0, 0.1) is 6.92 Å². The van der Waals surface area contributed by atoms with Crippen LogP contribution in [0.25, 0.3) is 61.8 Å². The molecule has 0 radical (unpaired) electrons. The third-order valence-electron chi connectivity index (χ3n) is 10.1. The third-order valence-corrected chi connectivity index (χ3v) is 10.1. The number of aryl methyl sites for hydroxylation is 1. The van der Waals surface area contributed by atoms with Gasteiger partial charge in [-0.3, -0.25) is 0 Å². The van der Waals surface area contributed by atoms with Gasteiger partial charge >= 0.3 is 0 Å². The van der Waals surface area contributed by atoms with Crippen molar-refractivity contribution in [2.75, 3.05) is 0 Å². The summed E-state index contributed by atoms with van der Waals surface area (Å²) >= 11 is 0. The van der Waals surface area contributed by atoms with Gasteiger partial charge in [0.15, 0.2) is 5.82 Å². The Morgan fingerprint density at radius 3 is 2.37 bits per heavy atom. The van der Waals surface area contributed by atoms with Crippen LogP contribution in [0.4, 0.5) is 0 Å². The fraction of sp³-hybridized carbons (Fsp3) is 0.163. The minimum absolute atomic E-state index is 0.486. The molecular formula is C43H35N3. The summed E-state index contributed by atoms with van der Waals surface area (Å²) in [4.78, 5) is 4.95. The van der Waals surface area contributed by atoms with Crippen LogP contribution >= 0.6 is 0 Å². The van der Waals surface area contributed by atoms with Crippen molar-refractivity contribution in [2.24, 2.45) is 0 Å². The number of fused-ring (bicyclic) bond motifs is 8. The Hall–Kier alpha value is -5.28. The quantitative estimate of drug-likeness (QED) is 0.190. The maximum atomic E-state index is 4.95. The van der Waals surface area contributed by atoms with Gasteiger partial charge in [-0.25, -0.2) is 9.67 Å². The molecule has 3 nitrogen and oxygen atoms in total. The second-order valence-corrected chi connectivity index (χ2v) is 12.9. The van der Waals surface area contributed by atoms with Crippen LogP contribution in [-0.4, -0.2) is 14.8 Å². The molecule has 0 spiro atoms. The molecule has 222 valence electrons. The van der Waals surface area contributed by atoms with Crippen molar-refractivity contribution >= 4 is 39.3 Å². The van der Waals surface area contributed by atoms with E-state index in [4.69, 9.17) is 10.1 Å². The Labute approximate surface area is 269 Å². The lowest BCUT2D eigenvalue weighted by atomic mass is 9.90. The van der Waals surface area contributed by atoms with Gasteiger partial charge < -0.3 is 0 Å². The van der Waals surface area contributed by atoms with Gasteiger partial charge in [-0.1, -0.05) is 116 Å². The lowest BCUT2D eigenvalue weighted by molar-refractivity contribution is 0.686. The zero-order valence-corrected chi connectivity index (χ0v) is 26.3. The Kier molecular flexibility index (Phi) is 6.28. The van der Waals surface area contributed by atoms with Crippen molar-refractivity contribution in [3.63, 3.8) is 0 Å². The first kappa shape index (κ1) is 27.1. The summed E-state index contributed by atoms with van der Waals surface area (Å²) in [7, 11) is 0. The van der Waals surface area contributed by atoms with Gasteiger partial charge in [0.2, 0.25) is 0 Å². The first-order valence-electron chi connectivity index (χ1n) is 16.5. The molecular weight excluding hydrogens is 558 g/mol. The number of allylic oxidation sites excluding steroid dienone is 6. The molecule has 3 heteroatoms. The monoisotopic (exact) mass is 593 g/mol. The molecule has 46 heavy (non-hydrogen) atoms. The Morgan fingerprint density at radius 2 is 1.50 bits per heavy atom. The number of benzene rings is 5. The van der Waals surface area contributed by atoms with E-state index in [1.54, 1.807) is 5.57 Å². The molecule has 1 unspecified atom stereocenters. The molecule has 1 aromatic heterocycles. The molecule has 0 bridgehead atoms. The summed E-state index contributed by atoms with van der Waals surface area (Å²) in [6.45, 7) is 5.01. The van der Waals surface area contributed by atoms with Crippen LogP contribution in [0.15, 0.2) is 115 Å². The molecule has 0 saturated heterocycles. The molecule has 0 fully saturated rings. The van der Waals surface area contributed by atoms with Crippen LogP contribution in [0.3, 0.4) is 0 Å². The average Bonchev–Trinajstić information content (AvgIpc) is 3.47. The zero-order chi connectivity index (χ0) is 30.8. The minimum Gasteiger partial charge on any atom is -0.241 e. The molecule has 9 rings (SSSR count). The van der Waals surface area contributed by atoms with Gasteiger partial charge in [0.25, 0.3) is 0 Å². The SMILES string of the molecule is Cc1nc(-c2ccc3c4c(c5ccccc5c3c2)C=CCC=C4)n(Cc2cccc(-c3ccc4c(c3)C(C)C3=C4C=CCC3)c2)n1. The number of aromatic nitrogens is 3. The van der Waals surface area contributed by atoms with Crippen LogP contribution in [0.1, 0.15) is 65.7 Å². The van der Waals surface area contributed by atoms with Crippen molar-refractivity contribution in [1.29, 1.82) is 0 Å². The van der Waals surface area contributed by atoms with E-state index in [-0.39, 0.29) is 0 Å². The molecule has 0 saturated carbocycles. The van der Waals surface area contributed by atoms with E-state index in [0.717, 1.165) is 30.1 Å². The topological polar surface area (TPSA) is 30.7 Å². The summed E-state index contributed by atoms with van der Waals surface area (Å²) < 4.78 is 2.07. The van der Waals surface area contributed by atoms with E-state index in [9.17, 15) is 0 Å². The molecule has 0 N–H and O–H groups in total.